The first-order valence-electron chi connectivity index (χ1n) is 12.6. The van der Waals surface area contributed by atoms with Gasteiger partial charge in [-0.2, -0.15) is 56.7 Å². The largest absolute Gasteiger partial charge is 0.482 e. The zero-order valence-corrected chi connectivity index (χ0v) is 24.9. The highest BCUT2D eigenvalue weighted by molar-refractivity contribution is 7.97. The van der Waals surface area contributed by atoms with E-state index in [9.17, 15) is 61.5 Å². The van der Waals surface area contributed by atoms with Gasteiger partial charge in [0.2, 0.25) is 0 Å². The molecule has 2 N–H and O–H groups in total. The summed E-state index contributed by atoms with van der Waals surface area (Å²) in [5, 5.41) is 3.30. The third kappa shape index (κ3) is 8.80. The molecule has 2 atom stereocenters. The summed E-state index contributed by atoms with van der Waals surface area (Å²) in [6.45, 7) is -3.64. The Morgan fingerprint density at radius 3 is 1.56 bits per heavy atom. The first-order chi connectivity index (χ1) is 21.9. The van der Waals surface area contributed by atoms with Gasteiger partial charge in [0.1, 0.15) is 18.1 Å². The van der Waals surface area contributed by atoms with E-state index in [4.69, 9.17) is 14.4 Å². The topological polar surface area (TPSA) is 119 Å². The summed E-state index contributed by atoms with van der Waals surface area (Å²) in [5.74, 6) is -2.63. The van der Waals surface area contributed by atoms with Crippen molar-refractivity contribution in [2.24, 2.45) is 0 Å². The monoisotopic (exact) mass is 745 g/mol. The normalized spacial score (nSPS) is 14.6. The minimum Gasteiger partial charge on any atom is -0.482 e. The molecule has 48 heavy (non-hydrogen) atoms. The predicted molar refractivity (Wildman–Crippen MR) is 142 cm³/mol. The van der Waals surface area contributed by atoms with E-state index in [1.807, 2.05) is 0 Å². The van der Waals surface area contributed by atoms with Crippen molar-refractivity contribution < 1.29 is 85.4 Å². The van der Waals surface area contributed by atoms with Gasteiger partial charge in [-0.25, -0.2) is 4.79 Å². The minimum absolute atomic E-state index is 0.115. The van der Waals surface area contributed by atoms with Crippen molar-refractivity contribution in [1.29, 1.82) is 0 Å². The lowest BCUT2D eigenvalue weighted by atomic mass is 10.0. The number of rotatable bonds is 12. The third-order valence-corrected chi connectivity index (χ3v) is 9.17. The average Bonchev–Trinajstić information content (AvgIpc) is 2.97. The highest BCUT2D eigenvalue weighted by Crippen LogP contribution is 2.43. The van der Waals surface area contributed by atoms with E-state index in [1.165, 1.54) is 36.4 Å². The number of carbonyl (C=O) groups excluding carboxylic acids is 1. The Morgan fingerprint density at radius 2 is 1.15 bits per heavy atom. The van der Waals surface area contributed by atoms with Crippen LogP contribution in [0.3, 0.4) is 0 Å². The summed E-state index contributed by atoms with van der Waals surface area (Å²) >= 11 is 0. The van der Waals surface area contributed by atoms with E-state index < -0.39 is 81.4 Å². The van der Waals surface area contributed by atoms with Crippen LogP contribution >= 0.6 is 0 Å². The highest BCUT2D eigenvalue weighted by atomic mass is 32.2. The molecule has 0 amide bonds. The standard InChI is InChI=1S/C27H19F11O8S2/c28-24(29,30)22(25(31,32)48(41,42)43)46-17-8-12-20(13-9-17)47(18-4-2-1-3-5-18)19-10-6-16(7-11-19)44-14-21(39)45-15-23(40,26(33,34)35)27(36,37)38/h1-13,22,40H,14-15H2/p+1. The quantitative estimate of drug-likeness (QED) is 0.0954. The highest BCUT2D eigenvalue weighted by Gasteiger charge is 2.71. The molecule has 21 heteroatoms. The molecule has 264 valence electrons. The number of benzene rings is 3. The van der Waals surface area contributed by atoms with Gasteiger partial charge in [0.05, 0.1) is 10.9 Å². The molecule has 0 fully saturated rings. The fraction of sp³-hybridized carbons (Fsp3) is 0.296. The Kier molecular flexibility index (Phi) is 11.2. The molecule has 0 bridgehead atoms. The number of ether oxygens (including phenoxy) is 3. The molecule has 0 spiro atoms. The van der Waals surface area contributed by atoms with Crippen LogP contribution < -0.4 is 9.47 Å². The van der Waals surface area contributed by atoms with Crippen LogP contribution in [-0.4, -0.2) is 72.7 Å². The SMILES string of the molecule is O=C(COc1ccc([S+](c2ccccc2)c2ccc(OC(C(F)(F)F)C(F)(F)S(=O)(=O)O)cc2)cc1)OCC(O)(C(F)(F)F)C(F)(F)F. The Labute approximate surface area is 266 Å². The summed E-state index contributed by atoms with van der Waals surface area (Å²) in [7, 11) is -7.62. The van der Waals surface area contributed by atoms with E-state index in [0.717, 1.165) is 12.1 Å². The molecule has 0 saturated carbocycles. The van der Waals surface area contributed by atoms with Crippen molar-refractivity contribution in [2.45, 2.75) is 50.2 Å². The lowest BCUT2D eigenvalue weighted by Gasteiger charge is -2.31. The van der Waals surface area contributed by atoms with E-state index in [-0.39, 0.29) is 5.75 Å². The molecule has 3 aromatic carbocycles. The molecule has 0 heterocycles. The molecule has 2 unspecified atom stereocenters. The fourth-order valence-corrected chi connectivity index (χ4v) is 6.10. The maximum absolute atomic E-state index is 13.9. The molecule has 0 saturated heterocycles. The molecular weight excluding hydrogens is 725 g/mol. The zero-order valence-electron chi connectivity index (χ0n) is 23.3. The minimum atomic E-state index is -6.54. The van der Waals surface area contributed by atoms with Crippen molar-refractivity contribution in [3.63, 3.8) is 0 Å². The zero-order chi connectivity index (χ0) is 36.3. The second kappa shape index (κ2) is 14.0. The van der Waals surface area contributed by atoms with Crippen molar-refractivity contribution in [3.05, 3.63) is 78.9 Å². The van der Waals surface area contributed by atoms with Crippen LogP contribution in [0.4, 0.5) is 48.3 Å². The van der Waals surface area contributed by atoms with Crippen molar-refractivity contribution in [3.8, 4) is 11.5 Å². The number of esters is 1. The molecule has 0 radical (unpaired) electrons. The number of aliphatic hydroxyl groups is 1. The molecular formula is C27H20F11O8S2+. The predicted octanol–water partition coefficient (Wildman–Crippen LogP) is 6.35. The van der Waals surface area contributed by atoms with Crippen LogP contribution in [0.5, 0.6) is 11.5 Å². The summed E-state index contributed by atoms with van der Waals surface area (Å²) in [5.41, 5.74) is -5.32. The molecule has 0 aliphatic rings. The number of hydrogen-bond acceptors (Lipinski definition) is 7. The van der Waals surface area contributed by atoms with Crippen molar-refractivity contribution in [1.82, 2.24) is 0 Å². The Hall–Kier alpha value is -3.82. The van der Waals surface area contributed by atoms with Gasteiger partial charge in [0.25, 0.3) is 11.7 Å². The first kappa shape index (κ1) is 38.6. The van der Waals surface area contributed by atoms with Crippen LogP contribution in [0.1, 0.15) is 0 Å². The van der Waals surface area contributed by atoms with Gasteiger partial charge in [-0.1, -0.05) is 18.2 Å². The van der Waals surface area contributed by atoms with Crippen LogP contribution in [0.25, 0.3) is 0 Å². The van der Waals surface area contributed by atoms with Crippen molar-refractivity contribution >= 4 is 27.0 Å². The summed E-state index contributed by atoms with van der Waals surface area (Å²) in [6.07, 6.45) is -22.6. The van der Waals surface area contributed by atoms with Gasteiger partial charge in [-0.05, 0) is 60.7 Å². The molecule has 0 aliphatic heterocycles. The summed E-state index contributed by atoms with van der Waals surface area (Å²) < 4.78 is 188. The van der Waals surface area contributed by atoms with Crippen molar-refractivity contribution in [2.75, 3.05) is 13.2 Å². The van der Waals surface area contributed by atoms with Crippen LogP contribution in [0.15, 0.2) is 93.5 Å². The van der Waals surface area contributed by atoms with E-state index in [1.54, 1.807) is 30.3 Å². The van der Waals surface area contributed by atoms with Gasteiger partial charge < -0.3 is 19.3 Å². The molecule has 3 aromatic rings. The van der Waals surface area contributed by atoms with E-state index in [0.29, 0.717) is 14.7 Å². The number of hydrogen-bond donors (Lipinski definition) is 2. The summed E-state index contributed by atoms with van der Waals surface area (Å²) in [6, 6.07) is 17.6. The molecule has 8 nitrogen and oxygen atoms in total. The van der Waals surface area contributed by atoms with Gasteiger partial charge in [0.15, 0.2) is 21.3 Å². The lowest BCUT2D eigenvalue weighted by Crippen LogP contribution is -2.60. The van der Waals surface area contributed by atoms with Gasteiger partial charge in [0, 0.05) is 0 Å². The second-order valence-electron chi connectivity index (χ2n) is 9.44. The smallest absolute Gasteiger partial charge is 0.432 e. The average molecular weight is 746 g/mol. The number of alkyl halides is 11. The Bertz CT molecular complexity index is 1630. The van der Waals surface area contributed by atoms with Crippen LogP contribution in [0, 0.1) is 0 Å². The lowest BCUT2D eigenvalue weighted by molar-refractivity contribution is -0.375. The number of carbonyl (C=O) groups is 1. The molecule has 0 aliphatic carbocycles. The summed E-state index contributed by atoms with van der Waals surface area (Å²) in [4.78, 5) is 13.2. The maximum Gasteiger partial charge on any atom is 0.432 e. The van der Waals surface area contributed by atoms with Gasteiger partial charge in [-0.3, -0.25) is 4.55 Å². The van der Waals surface area contributed by atoms with Gasteiger partial charge in [-0.15, -0.1) is 0 Å². The van der Waals surface area contributed by atoms with Crippen LogP contribution in [-0.2, 0) is 30.5 Å². The maximum atomic E-state index is 13.9. The van der Waals surface area contributed by atoms with E-state index >= 15 is 0 Å². The van der Waals surface area contributed by atoms with Gasteiger partial charge >= 0.3 is 39.9 Å². The Balaban J connectivity index is 1.80. The second-order valence-corrected chi connectivity index (χ2v) is 13.0. The van der Waals surface area contributed by atoms with E-state index in [2.05, 4.69) is 9.47 Å². The fourth-order valence-electron chi connectivity index (χ4n) is 3.58. The first-order valence-corrected chi connectivity index (χ1v) is 15.3. The Morgan fingerprint density at radius 1 is 0.708 bits per heavy atom. The molecule has 0 aromatic heterocycles. The third-order valence-electron chi connectivity index (χ3n) is 6.03. The molecule has 3 rings (SSSR count). The van der Waals surface area contributed by atoms with Crippen LogP contribution in [0.2, 0.25) is 0 Å². The number of halogens is 11.